The Morgan fingerprint density at radius 3 is 2.61 bits per heavy atom. The molecular weight excluding hydrogens is 413 g/mol. The van der Waals surface area contributed by atoms with Gasteiger partial charge in [-0.1, -0.05) is 23.4 Å². The number of hydrogen-bond donors (Lipinski definition) is 1. The quantitative estimate of drug-likeness (QED) is 0.454. The second-order valence-corrected chi connectivity index (χ2v) is 9.51. The van der Waals surface area contributed by atoms with Crippen LogP contribution in [-0.2, 0) is 4.79 Å². The van der Waals surface area contributed by atoms with E-state index in [0.717, 1.165) is 30.8 Å². The van der Waals surface area contributed by atoms with Crippen molar-refractivity contribution in [3.8, 4) is 5.69 Å². The van der Waals surface area contributed by atoms with Crippen molar-refractivity contribution in [3.05, 3.63) is 47.6 Å². The fourth-order valence-corrected chi connectivity index (χ4v) is 4.42. The zero-order valence-corrected chi connectivity index (χ0v) is 19.6. The van der Waals surface area contributed by atoms with Crippen molar-refractivity contribution in [2.24, 2.45) is 0 Å². The van der Waals surface area contributed by atoms with Gasteiger partial charge in [0.05, 0.1) is 11.3 Å². The van der Waals surface area contributed by atoms with Crippen LogP contribution in [0.3, 0.4) is 0 Å². The Morgan fingerprint density at radius 1 is 1.23 bits per heavy atom. The molecule has 2 aromatic rings. The summed E-state index contributed by atoms with van der Waals surface area (Å²) in [6, 6.07) is 6.25. The molecule has 0 saturated heterocycles. The van der Waals surface area contributed by atoms with Gasteiger partial charge in [0.1, 0.15) is 5.82 Å². The number of nitrogens with zero attached hydrogens (tertiary/aromatic N) is 4. The lowest BCUT2D eigenvalue weighted by atomic mass is 9.97. The van der Waals surface area contributed by atoms with E-state index in [1.54, 1.807) is 12.1 Å². The van der Waals surface area contributed by atoms with Gasteiger partial charge in [-0.05, 0) is 84.3 Å². The van der Waals surface area contributed by atoms with Crippen LogP contribution < -0.4 is 5.32 Å². The van der Waals surface area contributed by atoms with E-state index in [1.807, 2.05) is 37.4 Å². The fourth-order valence-electron chi connectivity index (χ4n) is 3.53. The van der Waals surface area contributed by atoms with Crippen LogP contribution in [-0.4, -0.2) is 51.5 Å². The molecule has 1 heterocycles. The van der Waals surface area contributed by atoms with Crippen LogP contribution >= 0.6 is 11.8 Å². The van der Waals surface area contributed by atoms with Crippen molar-refractivity contribution in [3.63, 3.8) is 0 Å². The highest BCUT2D eigenvalue weighted by molar-refractivity contribution is 8.00. The van der Waals surface area contributed by atoms with Gasteiger partial charge in [-0.2, -0.15) is 0 Å². The van der Waals surface area contributed by atoms with Crippen LogP contribution in [0.4, 0.5) is 4.39 Å². The average Bonchev–Trinajstić information content (AvgIpc) is 3.17. The Morgan fingerprint density at radius 2 is 1.97 bits per heavy atom. The number of hydrogen-bond acceptors (Lipinski definition) is 5. The molecule has 1 N–H and O–H groups in total. The zero-order valence-electron chi connectivity index (χ0n) is 18.8. The summed E-state index contributed by atoms with van der Waals surface area (Å²) in [5, 5.41) is 12.1. The molecule has 8 heteroatoms. The van der Waals surface area contributed by atoms with E-state index in [0.29, 0.717) is 11.7 Å². The van der Waals surface area contributed by atoms with Crippen molar-refractivity contribution in [1.82, 2.24) is 25.0 Å². The summed E-state index contributed by atoms with van der Waals surface area (Å²) in [7, 11) is 3.94. The summed E-state index contributed by atoms with van der Waals surface area (Å²) in [5.41, 5.74) is 2.22. The van der Waals surface area contributed by atoms with Gasteiger partial charge in [0.15, 0.2) is 11.0 Å². The minimum Gasteiger partial charge on any atom is -0.355 e. The van der Waals surface area contributed by atoms with E-state index in [2.05, 4.69) is 21.6 Å². The molecule has 2 atom stereocenters. The largest absolute Gasteiger partial charge is 0.355 e. The van der Waals surface area contributed by atoms with Crippen molar-refractivity contribution in [2.45, 2.75) is 62.4 Å². The first-order valence-corrected chi connectivity index (χ1v) is 11.7. The van der Waals surface area contributed by atoms with E-state index >= 15 is 0 Å². The molecule has 168 valence electrons. The highest BCUT2D eigenvalue weighted by Gasteiger charge is 2.24. The van der Waals surface area contributed by atoms with Crippen LogP contribution in [0.25, 0.3) is 5.69 Å². The normalized spacial score (nSPS) is 16.1. The van der Waals surface area contributed by atoms with Crippen molar-refractivity contribution >= 4 is 17.7 Å². The Kier molecular flexibility index (Phi) is 8.26. The molecule has 1 aliphatic carbocycles. The molecule has 1 amide bonds. The molecule has 0 radical (unpaired) electrons. The first kappa shape index (κ1) is 23.5. The summed E-state index contributed by atoms with van der Waals surface area (Å²) >= 11 is 1.36. The number of halogens is 1. The van der Waals surface area contributed by atoms with Crippen molar-refractivity contribution in [2.75, 3.05) is 20.6 Å². The topological polar surface area (TPSA) is 63.1 Å². The Balaban J connectivity index is 1.71. The molecule has 0 saturated carbocycles. The number of nitrogens with one attached hydrogen (secondary N) is 1. The van der Waals surface area contributed by atoms with Crippen LogP contribution in [0.5, 0.6) is 0 Å². The predicted octanol–water partition coefficient (Wildman–Crippen LogP) is 4.52. The fraction of sp³-hybridized carbons (Fsp3) is 0.522. The third kappa shape index (κ3) is 6.17. The van der Waals surface area contributed by atoms with Gasteiger partial charge >= 0.3 is 0 Å². The number of amides is 1. The Hall–Kier alpha value is -2.19. The van der Waals surface area contributed by atoms with Gasteiger partial charge in [-0.15, -0.1) is 10.2 Å². The minimum atomic E-state index is -0.328. The Bertz CT molecular complexity index is 909. The van der Waals surface area contributed by atoms with Gasteiger partial charge in [0.2, 0.25) is 5.91 Å². The first-order valence-electron chi connectivity index (χ1n) is 10.9. The van der Waals surface area contributed by atoms with E-state index in [1.165, 1.54) is 42.3 Å². The number of benzene rings is 1. The lowest BCUT2D eigenvalue weighted by molar-refractivity contribution is -0.120. The van der Waals surface area contributed by atoms with Crippen molar-refractivity contribution < 1.29 is 9.18 Å². The number of rotatable bonds is 9. The summed E-state index contributed by atoms with van der Waals surface area (Å²) in [5.74, 6) is 0.433. The smallest absolute Gasteiger partial charge is 0.233 e. The molecule has 6 nitrogen and oxygen atoms in total. The van der Waals surface area contributed by atoms with Crippen molar-refractivity contribution in [1.29, 1.82) is 0 Å². The maximum Gasteiger partial charge on any atom is 0.233 e. The number of carbonyl (C=O) groups is 1. The number of aromatic nitrogens is 3. The number of carbonyl (C=O) groups excluding carboxylic acids is 1. The van der Waals surface area contributed by atoms with Gasteiger partial charge in [-0.25, -0.2) is 4.39 Å². The molecule has 0 bridgehead atoms. The summed E-state index contributed by atoms with van der Waals surface area (Å²) in [4.78, 5) is 14.7. The maximum absolute atomic E-state index is 13.5. The third-order valence-corrected chi connectivity index (χ3v) is 6.72. The monoisotopic (exact) mass is 445 g/mol. The lowest BCUT2D eigenvalue weighted by Crippen LogP contribution is -2.32. The van der Waals surface area contributed by atoms with Crippen LogP contribution in [0.2, 0.25) is 0 Å². The average molecular weight is 446 g/mol. The Labute approximate surface area is 188 Å². The number of allylic oxidation sites excluding steroid dienone is 1. The summed E-state index contributed by atoms with van der Waals surface area (Å²) in [6.07, 6.45) is 8.05. The van der Waals surface area contributed by atoms with E-state index < -0.39 is 0 Å². The molecule has 3 rings (SSSR count). The summed E-state index contributed by atoms with van der Waals surface area (Å²) < 4.78 is 15.4. The van der Waals surface area contributed by atoms with Gasteiger partial charge in [0, 0.05) is 12.2 Å². The first-order chi connectivity index (χ1) is 14.9. The van der Waals surface area contributed by atoms with E-state index in [4.69, 9.17) is 0 Å². The molecule has 1 aliphatic rings. The van der Waals surface area contributed by atoms with Crippen LogP contribution in [0.1, 0.15) is 57.8 Å². The van der Waals surface area contributed by atoms with Gasteiger partial charge < -0.3 is 5.32 Å². The number of thioether (sulfide) groups is 1. The molecule has 31 heavy (non-hydrogen) atoms. The van der Waals surface area contributed by atoms with Crippen LogP contribution in [0, 0.1) is 5.82 Å². The standard InChI is InChI=1S/C23H32FN5OS/c1-16(28(3)4)21-26-27-23(29(21)20-12-10-19(24)11-13-20)31-17(2)22(30)25-15-14-18-8-6-5-7-9-18/h8,10-13,16-17H,5-7,9,14-15H2,1-4H3,(H,25,30)/t16-,17+/m0/s1. The second-order valence-electron chi connectivity index (χ2n) is 8.20. The predicted molar refractivity (Wildman–Crippen MR) is 123 cm³/mol. The summed E-state index contributed by atoms with van der Waals surface area (Å²) in [6.45, 7) is 4.57. The highest BCUT2D eigenvalue weighted by atomic mass is 32.2. The third-order valence-electron chi connectivity index (χ3n) is 5.67. The molecule has 0 spiro atoms. The molecule has 0 unspecified atom stereocenters. The molecule has 0 fully saturated rings. The van der Waals surface area contributed by atoms with Gasteiger partial charge in [-0.3, -0.25) is 14.3 Å². The second kappa shape index (κ2) is 10.9. The maximum atomic E-state index is 13.5. The molecular formula is C23H32FN5OS. The lowest BCUT2D eigenvalue weighted by Gasteiger charge is -2.21. The van der Waals surface area contributed by atoms with E-state index in [-0.39, 0.29) is 23.0 Å². The SMILES string of the molecule is C[C@@H](Sc1nnc([C@H](C)N(C)C)n1-c1ccc(F)cc1)C(=O)NCCC1=CCCCC1. The zero-order chi connectivity index (χ0) is 22.4. The highest BCUT2D eigenvalue weighted by Crippen LogP contribution is 2.29. The van der Waals surface area contributed by atoms with Gasteiger partial charge in [0.25, 0.3) is 0 Å². The molecule has 1 aromatic heterocycles. The van der Waals surface area contributed by atoms with Crippen LogP contribution in [0.15, 0.2) is 41.1 Å². The minimum absolute atomic E-state index is 0.000182. The molecule has 1 aromatic carbocycles. The molecule has 0 aliphatic heterocycles. The van der Waals surface area contributed by atoms with E-state index in [9.17, 15) is 9.18 Å².